The Bertz CT molecular complexity index is 281. The third-order valence-corrected chi connectivity index (χ3v) is 2.10. The molecule has 0 aromatic carbocycles. The number of hydrogen-bond donors (Lipinski definition) is 3. The summed E-state index contributed by atoms with van der Waals surface area (Å²) < 4.78 is 0. The van der Waals surface area contributed by atoms with Crippen LogP contribution in [0, 0.1) is 12.3 Å². The van der Waals surface area contributed by atoms with Crippen molar-refractivity contribution in [3.05, 3.63) is 17.7 Å². The Morgan fingerprint density at radius 3 is 2.79 bits per heavy atom. The van der Waals surface area contributed by atoms with E-state index in [9.17, 15) is 0 Å². The van der Waals surface area contributed by atoms with Gasteiger partial charge in [0.05, 0.1) is 0 Å². The Morgan fingerprint density at radius 1 is 1.57 bits per heavy atom. The van der Waals surface area contributed by atoms with Crippen molar-refractivity contribution in [2.75, 3.05) is 13.2 Å². The van der Waals surface area contributed by atoms with E-state index >= 15 is 0 Å². The van der Waals surface area contributed by atoms with Crippen molar-refractivity contribution < 1.29 is 5.11 Å². The van der Waals surface area contributed by atoms with Gasteiger partial charge in [0.2, 0.25) is 0 Å². The van der Waals surface area contributed by atoms with Gasteiger partial charge < -0.3 is 15.4 Å². The molecule has 1 heterocycles. The first-order valence-electron chi connectivity index (χ1n) is 4.85. The molecule has 0 radical (unpaired) electrons. The predicted molar refractivity (Wildman–Crippen MR) is 55.9 cm³/mol. The van der Waals surface area contributed by atoms with Gasteiger partial charge in [-0.2, -0.15) is 0 Å². The van der Waals surface area contributed by atoms with Crippen LogP contribution in [0.2, 0.25) is 0 Å². The summed E-state index contributed by atoms with van der Waals surface area (Å²) in [6.07, 6.45) is 1.83. The summed E-state index contributed by atoms with van der Waals surface area (Å²) in [5.41, 5.74) is 1.02. The Morgan fingerprint density at radius 2 is 2.29 bits per heavy atom. The summed E-state index contributed by atoms with van der Waals surface area (Å²) in [6, 6.07) is 0. The molecule has 0 aliphatic carbocycles. The summed E-state index contributed by atoms with van der Waals surface area (Å²) in [7, 11) is 0. The molecular formula is C10H19N3O. The first kappa shape index (κ1) is 11.2. The molecule has 4 nitrogen and oxygen atoms in total. The maximum atomic E-state index is 9.04. The van der Waals surface area contributed by atoms with E-state index < -0.39 is 0 Å². The molecule has 0 amide bonds. The number of aromatic amines is 1. The molecule has 0 spiro atoms. The maximum absolute atomic E-state index is 9.04. The first-order chi connectivity index (χ1) is 6.53. The molecule has 0 unspecified atom stereocenters. The third-order valence-electron chi connectivity index (χ3n) is 2.10. The van der Waals surface area contributed by atoms with Gasteiger partial charge in [0.15, 0.2) is 0 Å². The maximum Gasteiger partial charge on any atom is 0.103 e. The number of aliphatic hydroxyl groups is 1. The molecule has 4 heteroatoms. The van der Waals surface area contributed by atoms with Crippen LogP contribution in [-0.4, -0.2) is 28.2 Å². The van der Waals surface area contributed by atoms with Gasteiger partial charge in [-0.1, -0.05) is 13.8 Å². The molecule has 0 bridgehead atoms. The molecule has 14 heavy (non-hydrogen) atoms. The van der Waals surface area contributed by atoms with Gasteiger partial charge >= 0.3 is 0 Å². The monoisotopic (exact) mass is 197 g/mol. The van der Waals surface area contributed by atoms with Crippen molar-refractivity contribution in [1.82, 2.24) is 15.3 Å². The van der Waals surface area contributed by atoms with Crippen molar-refractivity contribution >= 4 is 0 Å². The molecule has 1 aromatic rings. The molecule has 3 N–H and O–H groups in total. The van der Waals surface area contributed by atoms with Gasteiger partial charge in [-0.15, -0.1) is 0 Å². The number of nitrogens with one attached hydrogen (secondary N) is 2. The lowest BCUT2D eigenvalue weighted by atomic mass is 9.95. The quantitative estimate of drug-likeness (QED) is 0.655. The lowest BCUT2D eigenvalue weighted by Crippen LogP contribution is -2.31. The second kappa shape index (κ2) is 4.57. The van der Waals surface area contributed by atoms with Gasteiger partial charge in [-0.3, -0.25) is 0 Å². The predicted octanol–water partition coefficient (Wildman–Crippen LogP) is 0.826. The van der Waals surface area contributed by atoms with Crippen LogP contribution in [0.1, 0.15) is 25.4 Å². The fourth-order valence-corrected chi connectivity index (χ4v) is 1.15. The minimum Gasteiger partial charge on any atom is -0.396 e. The molecule has 0 saturated heterocycles. The Balaban J connectivity index is 2.28. The number of hydrogen-bond acceptors (Lipinski definition) is 3. The number of aromatic nitrogens is 2. The van der Waals surface area contributed by atoms with E-state index in [4.69, 9.17) is 5.11 Å². The van der Waals surface area contributed by atoms with Gasteiger partial charge in [0.25, 0.3) is 0 Å². The zero-order valence-electron chi connectivity index (χ0n) is 9.09. The van der Waals surface area contributed by atoms with Crippen LogP contribution >= 0.6 is 0 Å². The van der Waals surface area contributed by atoms with Crippen LogP contribution in [0.15, 0.2) is 6.20 Å². The van der Waals surface area contributed by atoms with E-state index in [1.165, 1.54) is 0 Å². The average Bonchev–Trinajstić information content (AvgIpc) is 2.51. The van der Waals surface area contributed by atoms with Crippen molar-refractivity contribution in [1.29, 1.82) is 0 Å². The number of H-pyrrole nitrogens is 1. The van der Waals surface area contributed by atoms with E-state index in [0.717, 1.165) is 24.6 Å². The van der Waals surface area contributed by atoms with E-state index in [1.54, 1.807) is 0 Å². The zero-order chi connectivity index (χ0) is 10.6. The highest BCUT2D eigenvalue weighted by atomic mass is 16.3. The fourth-order valence-electron chi connectivity index (χ4n) is 1.15. The molecule has 0 atom stereocenters. The number of aliphatic hydroxyl groups excluding tert-OH is 1. The zero-order valence-corrected chi connectivity index (χ0v) is 9.09. The van der Waals surface area contributed by atoms with Gasteiger partial charge in [-0.25, -0.2) is 4.98 Å². The smallest absolute Gasteiger partial charge is 0.103 e. The average molecular weight is 197 g/mol. The summed E-state index contributed by atoms with van der Waals surface area (Å²) in [4.78, 5) is 7.25. The van der Waals surface area contributed by atoms with Crippen LogP contribution in [0.5, 0.6) is 0 Å². The van der Waals surface area contributed by atoms with E-state index in [1.807, 2.05) is 27.0 Å². The van der Waals surface area contributed by atoms with Crippen LogP contribution in [-0.2, 0) is 6.54 Å². The second-order valence-corrected chi connectivity index (χ2v) is 4.42. The first-order valence-corrected chi connectivity index (χ1v) is 4.85. The Kier molecular flexibility index (Phi) is 3.66. The molecular weight excluding hydrogens is 178 g/mol. The van der Waals surface area contributed by atoms with Gasteiger partial charge in [-0.05, 0) is 6.92 Å². The molecule has 1 rings (SSSR count). The van der Waals surface area contributed by atoms with Crippen LogP contribution < -0.4 is 5.32 Å². The summed E-state index contributed by atoms with van der Waals surface area (Å²) in [5, 5.41) is 12.3. The Hall–Kier alpha value is -0.870. The van der Waals surface area contributed by atoms with E-state index in [-0.39, 0.29) is 12.0 Å². The van der Waals surface area contributed by atoms with Gasteiger partial charge in [0, 0.05) is 37.0 Å². The lowest BCUT2D eigenvalue weighted by molar-refractivity contribution is 0.156. The highest BCUT2D eigenvalue weighted by Gasteiger charge is 2.15. The van der Waals surface area contributed by atoms with Crippen molar-refractivity contribution in [2.45, 2.75) is 27.3 Å². The lowest BCUT2D eigenvalue weighted by Gasteiger charge is -2.21. The topological polar surface area (TPSA) is 60.9 Å². The van der Waals surface area contributed by atoms with Crippen LogP contribution in [0.3, 0.4) is 0 Å². The minimum absolute atomic E-state index is 0.0605. The summed E-state index contributed by atoms with van der Waals surface area (Å²) in [6.45, 7) is 7.74. The summed E-state index contributed by atoms with van der Waals surface area (Å²) in [5.74, 6) is 0.934. The minimum atomic E-state index is -0.0605. The number of rotatable bonds is 5. The molecule has 80 valence electrons. The molecule has 0 fully saturated rings. The number of aryl methyl sites for hydroxylation is 1. The fraction of sp³-hybridized carbons (Fsp3) is 0.700. The van der Waals surface area contributed by atoms with E-state index in [0.29, 0.717) is 0 Å². The molecule has 1 aromatic heterocycles. The van der Waals surface area contributed by atoms with Gasteiger partial charge in [0.1, 0.15) is 5.82 Å². The highest BCUT2D eigenvalue weighted by Crippen LogP contribution is 2.11. The third kappa shape index (κ3) is 3.47. The largest absolute Gasteiger partial charge is 0.396 e. The summed E-state index contributed by atoms with van der Waals surface area (Å²) >= 11 is 0. The normalized spacial score (nSPS) is 12.0. The second-order valence-electron chi connectivity index (χ2n) is 4.42. The van der Waals surface area contributed by atoms with Crippen molar-refractivity contribution in [3.8, 4) is 0 Å². The molecule has 0 aliphatic rings. The highest BCUT2D eigenvalue weighted by molar-refractivity contribution is 4.99. The Labute approximate surface area is 84.8 Å². The van der Waals surface area contributed by atoms with E-state index in [2.05, 4.69) is 15.3 Å². The number of imidazole rings is 1. The number of nitrogens with zero attached hydrogens (tertiary/aromatic N) is 1. The van der Waals surface area contributed by atoms with Crippen LogP contribution in [0.25, 0.3) is 0 Å². The standard InChI is InChI=1S/C10H19N3O/c1-8-12-5-9(13-8)4-11-6-10(2,3)7-14/h5,11,14H,4,6-7H2,1-3H3,(H,12,13). The van der Waals surface area contributed by atoms with Crippen LogP contribution in [0.4, 0.5) is 0 Å². The SMILES string of the molecule is Cc1ncc(CNCC(C)(C)CO)[nH]1. The molecule has 0 saturated carbocycles. The molecule has 0 aliphatic heterocycles. The van der Waals surface area contributed by atoms with Crippen molar-refractivity contribution in [3.63, 3.8) is 0 Å². The van der Waals surface area contributed by atoms with Crippen molar-refractivity contribution in [2.24, 2.45) is 5.41 Å².